The highest BCUT2D eigenvalue weighted by molar-refractivity contribution is 6.00. The summed E-state index contributed by atoms with van der Waals surface area (Å²) >= 11 is 0. The highest BCUT2D eigenvalue weighted by Crippen LogP contribution is 2.38. The zero-order valence-corrected chi connectivity index (χ0v) is 25.8. The fourth-order valence-electron chi connectivity index (χ4n) is 6.87. The predicted octanol–water partition coefficient (Wildman–Crippen LogP) is 3.67. The van der Waals surface area contributed by atoms with Crippen LogP contribution in [0.2, 0.25) is 0 Å². The smallest absolute Gasteiger partial charge is 0.284 e. The predicted molar refractivity (Wildman–Crippen MR) is 173 cm³/mol. The zero-order valence-electron chi connectivity index (χ0n) is 25.8. The van der Waals surface area contributed by atoms with E-state index in [2.05, 4.69) is 20.7 Å². The van der Waals surface area contributed by atoms with E-state index in [4.69, 9.17) is 16.2 Å². The first-order valence-electron chi connectivity index (χ1n) is 15.6. The first-order valence-corrected chi connectivity index (χ1v) is 15.6. The average Bonchev–Trinajstić information content (AvgIpc) is 3.61. The third-order valence-corrected chi connectivity index (χ3v) is 9.09. The van der Waals surface area contributed by atoms with E-state index in [-0.39, 0.29) is 23.4 Å². The maximum absolute atomic E-state index is 13.5. The molecule has 3 aromatic heterocycles. The maximum Gasteiger partial charge on any atom is 0.284 e. The summed E-state index contributed by atoms with van der Waals surface area (Å²) in [5.41, 5.74) is 16.1. The summed E-state index contributed by atoms with van der Waals surface area (Å²) in [6.45, 7) is 5.99. The van der Waals surface area contributed by atoms with Gasteiger partial charge in [0.25, 0.3) is 11.5 Å². The molecule has 2 aliphatic rings. The lowest BCUT2D eigenvalue weighted by Crippen LogP contribution is -2.41. The number of primary amides is 1. The van der Waals surface area contributed by atoms with Crippen molar-refractivity contribution in [3.8, 4) is 16.8 Å². The number of para-hydroxylation sites is 1. The van der Waals surface area contributed by atoms with Crippen LogP contribution in [-0.4, -0.2) is 60.3 Å². The van der Waals surface area contributed by atoms with E-state index in [0.29, 0.717) is 43.4 Å². The summed E-state index contributed by atoms with van der Waals surface area (Å²) < 4.78 is 11.7. The number of nitrogens with zero attached hydrogens (tertiary/aromatic N) is 6. The quantitative estimate of drug-likeness (QED) is 0.293. The van der Waals surface area contributed by atoms with Crippen LogP contribution in [0.5, 0.6) is 0 Å². The van der Waals surface area contributed by atoms with Gasteiger partial charge in [-0.25, -0.2) is 14.6 Å². The van der Waals surface area contributed by atoms with E-state index in [1.807, 2.05) is 73.3 Å². The van der Waals surface area contributed by atoms with Gasteiger partial charge in [0.05, 0.1) is 29.9 Å². The number of fused-ring (bicyclic) bond motifs is 2. The molecule has 46 heavy (non-hydrogen) atoms. The Morgan fingerprint density at radius 2 is 1.70 bits per heavy atom. The van der Waals surface area contributed by atoms with Crippen molar-refractivity contribution in [3.05, 3.63) is 94.3 Å². The van der Waals surface area contributed by atoms with Crippen molar-refractivity contribution < 1.29 is 14.3 Å². The van der Waals surface area contributed by atoms with Gasteiger partial charge in [-0.1, -0.05) is 56.3 Å². The summed E-state index contributed by atoms with van der Waals surface area (Å²) in [5, 5.41) is 0.773. The first-order chi connectivity index (χ1) is 22.2. The Morgan fingerprint density at radius 1 is 0.978 bits per heavy atom. The second kappa shape index (κ2) is 11.6. The van der Waals surface area contributed by atoms with Gasteiger partial charge >= 0.3 is 0 Å². The topological polar surface area (TPSA) is 156 Å². The minimum Gasteiger partial charge on any atom is -0.383 e. The second-order valence-corrected chi connectivity index (χ2v) is 12.2. The van der Waals surface area contributed by atoms with E-state index in [9.17, 15) is 14.4 Å². The molecule has 2 aliphatic heterocycles. The normalized spacial score (nSPS) is 17.0. The lowest BCUT2D eigenvalue weighted by atomic mass is 9.98. The van der Waals surface area contributed by atoms with Crippen molar-refractivity contribution >= 4 is 28.7 Å². The number of piperidine rings is 1. The number of hydrogen-bond donors (Lipinski definition) is 2. The van der Waals surface area contributed by atoms with Crippen molar-refractivity contribution in [2.75, 3.05) is 25.4 Å². The van der Waals surface area contributed by atoms with E-state index < -0.39 is 17.6 Å². The Morgan fingerprint density at radius 3 is 2.37 bits per heavy atom. The minimum atomic E-state index is -0.793. The monoisotopic (exact) mass is 620 g/mol. The molecule has 5 aromatic rings. The Hall–Kier alpha value is -5.23. The summed E-state index contributed by atoms with van der Waals surface area (Å²) in [6, 6.07) is 17.2. The summed E-state index contributed by atoms with van der Waals surface area (Å²) in [5.74, 6) is -0.244. The fraction of sp³-hybridized carbons (Fsp3) is 0.324. The Balaban J connectivity index is 1.24. The largest absolute Gasteiger partial charge is 0.383 e. The Kier molecular flexibility index (Phi) is 7.44. The molecule has 236 valence electrons. The molecular weight excluding hydrogens is 584 g/mol. The highest BCUT2D eigenvalue weighted by Gasteiger charge is 2.34. The summed E-state index contributed by atoms with van der Waals surface area (Å²) in [6.07, 6.45) is 4.52. The number of benzene rings is 2. The van der Waals surface area contributed by atoms with Gasteiger partial charge in [0, 0.05) is 36.8 Å². The van der Waals surface area contributed by atoms with Gasteiger partial charge in [0.15, 0.2) is 0 Å². The molecule has 5 heterocycles. The molecule has 0 radical (unpaired) electrons. The molecule has 0 spiro atoms. The second-order valence-electron chi connectivity index (χ2n) is 12.2. The van der Waals surface area contributed by atoms with Crippen molar-refractivity contribution in [2.24, 2.45) is 11.7 Å². The molecule has 12 heteroatoms. The van der Waals surface area contributed by atoms with Gasteiger partial charge in [-0.15, -0.1) is 0 Å². The molecule has 2 amide bonds. The van der Waals surface area contributed by atoms with Gasteiger partial charge in [-0.3, -0.25) is 19.1 Å². The molecule has 1 atom stereocenters. The third kappa shape index (κ3) is 4.85. The first kappa shape index (κ1) is 29.5. The number of rotatable bonds is 6. The molecule has 4 N–H and O–H groups in total. The van der Waals surface area contributed by atoms with Crippen LogP contribution in [0.15, 0.2) is 71.9 Å². The summed E-state index contributed by atoms with van der Waals surface area (Å²) in [7, 11) is 0. The molecule has 1 saturated heterocycles. The van der Waals surface area contributed by atoms with Gasteiger partial charge in [0.1, 0.15) is 29.5 Å². The standard InChI is InChI=1S/C34H36N8O4/c1-20(2)33(44)39-14-12-23(13-15-39)40-18-25(26-30(35)37-19-38-32(26)40)21-8-10-22(11-9-21)29-28-27(31(36)43)34(45)42(41(28)16-17-46-29)24-6-4-3-5-7-24/h3-11,18-20,23,29H,12-17H2,1-2H3,(H2,36,43)(H2,35,37,38). The number of likely N-dealkylation sites (tertiary alicyclic amines) is 1. The number of amides is 2. The molecule has 7 rings (SSSR count). The number of nitrogens with two attached hydrogens (primary N) is 2. The van der Waals surface area contributed by atoms with Gasteiger partial charge in [-0.05, 0) is 36.1 Å². The molecule has 1 unspecified atom stereocenters. The molecular formula is C34H36N8O4. The number of hydrogen-bond acceptors (Lipinski definition) is 7. The third-order valence-electron chi connectivity index (χ3n) is 9.09. The van der Waals surface area contributed by atoms with Crippen LogP contribution >= 0.6 is 0 Å². The summed E-state index contributed by atoms with van der Waals surface area (Å²) in [4.78, 5) is 49.6. The maximum atomic E-state index is 13.5. The average molecular weight is 621 g/mol. The number of carbonyl (C=O) groups excluding carboxylic acids is 2. The van der Waals surface area contributed by atoms with Crippen molar-refractivity contribution in [1.82, 2.24) is 28.8 Å². The number of ether oxygens (including phenoxy) is 1. The van der Waals surface area contributed by atoms with Crippen LogP contribution in [0.4, 0.5) is 5.82 Å². The lowest BCUT2D eigenvalue weighted by Gasteiger charge is -2.34. The number of nitrogen functional groups attached to an aromatic ring is 1. The van der Waals surface area contributed by atoms with E-state index in [1.54, 1.807) is 4.68 Å². The van der Waals surface area contributed by atoms with Crippen LogP contribution in [0.1, 0.15) is 60.5 Å². The van der Waals surface area contributed by atoms with Gasteiger partial charge < -0.3 is 25.7 Å². The van der Waals surface area contributed by atoms with Crippen LogP contribution in [0.25, 0.3) is 27.8 Å². The van der Waals surface area contributed by atoms with E-state index >= 15 is 0 Å². The highest BCUT2D eigenvalue weighted by atomic mass is 16.5. The minimum absolute atomic E-state index is 0.0243. The Bertz CT molecular complexity index is 2000. The number of anilines is 1. The van der Waals surface area contributed by atoms with E-state index in [1.165, 1.54) is 11.0 Å². The zero-order chi connectivity index (χ0) is 32.1. The molecule has 1 fully saturated rings. The molecule has 12 nitrogen and oxygen atoms in total. The lowest BCUT2D eigenvalue weighted by molar-refractivity contribution is -0.135. The molecule has 0 aliphatic carbocycles. The van der Waals surface area contributed by atoms with Crippen LogP contribution in [0.3, 0.4) is 0 Å². The van der Waals surface area contributed by atoms with Crippen LogP contribution in [-0.2, 0) is 16.1 Å². The van der Waals surface area contributed by atoms with E-state index in [0.717, 1.165) is 40.6 Å². The van der Waals surface area contributed by atoms with Gasteiger partial charge in [0.2, 0.25) is 5.91 Å². The van der Waals surface area contributed by atoms with Crippen molar-refractivity contribution in [2.45, 2.75) is 45.4 Å². The van der Waals surface area contributed by atoms with Crippen molar-refractivity contribution in [3.63, 3.8) is 0 Å². The number of carbonyl (C=O) groups is 2. The molecule has 0 bridgehead atoms. The fourth-order valence-corrected chi connectivity index (χ4v) is 6.87. The van der Waals surface area contributed by atoms with Crippen LogP contribution in [0, 0.1) is 5.92 Å². The molecule has 2 aromatic carbocycles. The van der Waals surface area contributed by atoms with Gasteiger partial charge in [-0.2, -0.15) is 0 Å². The molecule has 0 saturated carbocycles. The number of aromatic nitrogens is 5. The van der Waals surface area contributed by atoms with Crippen LogP contribution < -0.4 is 17.0 Å². The Labute approximate surface area is 265 Å². The van der Waals surface area contributed by atoms with Crippen molar-refractivity contribution in [1.29, 1.82) is 0 Å². The SMILES string of the molecule is CC(C)C(=O)N1CCC(n2cc(-c3ccc(C4OCCn5c4c(C(N)=O)c(=O)n5-c4ccccc4)cc3)c3c(N)ncnc32)CC1.